The summed E-state index contributed by atoms with van der Waals surface area (Å²) in [6, 6.07) is 3.33. The molecule has 1 aromatic rings. The molecule has 1 unspecified atom stereocenters. The van der Waals surface area contributed by atoms with Gasteiger partial charge < -0.3 is 24.6 Å². The highest BCUT2D eigenvalue weighted by Crippen LogP contribution is 2.40. The number of hydrogen-bond acceptors (Lipinski definition) is 5. The number of aliphatic hydroxyl groups excluding tert-OH is 1. The van der Waals surface area contributed by atoms with Crippen molar-refractivity contribution in [3.63, 3.8) is 0 Å². The van der Waals surface area contributed by atoms with Gasteiger partial charge in [0.2, 0.25) is 0 Å². The van der Waals surface area contributed by atoms with Crippen molar-refractivity contribution < 1.29 is 19.3 Å². The van der Waals surface area contributed by atoms with Crippen molar-refractivity contribution in [3.8, 4) is 11.5 Å². The molecule has 2 rings (SSSR count). The Balaban J connectivity index is 2.55. The summed E-state index contributed by atoms with van der Waals surface area (Å²) in [5.41, 5.74) is 1.05. The lowest BCUT2D eigenvalue weighted by atomic mass is 10.1. The first-order chi connectivity index (χ1) is 8.56. The van der Waals surface area contributed by atoms with Crippen molar-refractivity contribution in [2.75, 3.05) is 19.5 Å². The molecule has 0 aromatic heterocycles. The van der Waals surface area contributed by atoms with Crippen molar-refractivity contribution >= 4 is 22.9 Å². The second-order valence-corrected chi connectivity index (χ2v) is 4.07. The number of aliphatic hydroxyl groups is 1. The van der Waals surface area contributed by atoms with Crippen LogP contribution < -0.4 is 14.8 Å². The Morgan fingerprint density at radius 1 is 1.44 bits per heavy atom. The highest BCUT2D eigenvalue weighted by molar-refractivity contribution is 7.81. The summed E-state index contributed by atoms with van der Waals surface area (Å²) in [6.07, 6.45) is -1.10. The minimum Gasteiger partial charge on any atom is -0.497 e. The Morgan fingerprint density at radius 3 is 2.78 bits per heavy atom. The van der Waals surface area contributed by atoms with Crippen molar-refractivity contribution in [1.29, 1.82) is 0 Å². The summed E-state index contributed by atoms with van der Waals surface area (Å²) >= 11 is 5.06. The van der Waals surface area contributed by atoms with Crippen LogP contribution in [-0.2, 0) is 4.74 Å². The zero-order valence-electron chi connectivity index (χ0n) is 10.0. The van der Waals surface area contributed by atoms with E-state index < -0.39 is 6.29 Å². The summed E-state index contributed by atoms with van der Waals surface area (Å²) in [5.74, 6) is 1.38. The third-order valence-corrected chi connectivity index (χ3v) is 2.89. The second-order valence-electron chi connectivity index (χ2n) is 3.66. The lowest BCUT2D eigenvalue weighted by Crippen LogP contribution is -2.23. The molecule has 1 aliphatic rings. The molecular weight excluding hydrogens is 254 g/mol. The lowest BCUT2D eigenvalue weighted by molar-refractivity contribution is -0.0765. The number of ether oxygens (including phenoxy) is 3. The Kier molecular flexibility index (Phi) is 3.51. The van der Waals surface area contributed by atoms with Crippen molar-refractivity contribution in [2.45, 2.75) is 6.29 Å². The van der Waals surface area contributed by atoms with Gasteiger partial charge in [-0.3, -0.25) is 0 Å². The minimum absolute atomic E-state index is 0.351. The molecule has 1 atom stereocenters. The molecule has 1 heterocycles. The van der Waals surface area contributed by atoms with Crippen LogP contribution in [-0.4, -0.2) is 24.3 Å². The normalized spacial score (nSPS) is 15.5. The van der Waals surface area contributed by atoms with E-state index in [0.29, 0.717) is 33.5 Å². The van der Waals surface area contributed by atoms with Gasteiger partial charge in [0.25, 0.3) is 0 Å². The molecule has 0 spiro atoms. The van der Waals surface area contributed by atoms with Gasteiger partial charge in [0.15, 0.2) is 17.8 Å². The summed E-state index contributed by atoms with van der Waals surface area (Å²) in [7, 11) is 2.93. The largest absolute Gasteiger partial charge is 0.497 e. The summed E-state index contributed by atoms with van der Waals surface area (Å²) in [5, 5.41) is 12.8. The molecule has 0 bridgehead atoms. The van der Waals surface area contributed by atoms with E-state index in [-0.39, 0.29) is 0 Å². The van der Waals surface area contributed by atoms with Crippen LogP contribution in [0.3, 0.4) is 0 Å². The van der Waals surface area contributed by atoms with Crippen LogP contribution in [0.5, 0.6) is 11.5 Å². The van der Waals surface area contributed by atoms with Crippen LogP contribution in [0.2, 0.25) is 0 Å². The number of anilines is 1. The van der Waals surface area contributed by atoms with Gasteiger partial charge in [-0.1, -0.05) is 18.8 Å². The van der Waals surface area contributed by atoms with Gasteiger partial charge in [-0.05, 0) is 6.07 Å². The molecule has 0 amide bonds. The van der Waals surface area contributed by atoms with Crippen molar-refractivity contribution in [1.82, 2.24) is 0 Å². The Hall–Kier alpha value is -1.63. The van der Waals surface area contributed by atoms with Crippen LogP contribution in [0.25, 0.3) is 0 Å². The zero-order valence-corrected chi connectivity index (χ0v) is 10.8. The summed E-state index contributed by atoms with van der Waals surface area (Å²) in [4.78, 5) is 0.372. The third-order valence-electron chi connectivity index (χ3n) is 2.56. The lowest BCUT2D eigenvalue weighted by Gasteiger charge is -2.25. The number of nitrogens with one attached hydrogen (secondary N) is 1. The molecule has 1 aliphatic heterocycles. The number of hydrogen-bond donors (Lipinski definition) is 2. The number of methoxy groups -OCH3 is 2. The molecule has 2 N–H and O–H groups in total. The van der Waals surface area contributed by atoms with E-state index in [2.05, 4.69) is 11.9 Å². The Labute approximate surface area is 110 Å². The molecule has 18 heavy (non-hydrogen) atoms. The average molecular weight is 267 g/mol. The fourth-order valence-corrected chi connectivity index (χ4v) is 1.77. The molecule has 0 radical (unpaired) electrons. The fourth-order valence-electron chi connectivity index (χ4n) is 1.63. The van der Waals surface area contributed by atoms with Gasteiger partial charge in [0, 0.05) is 18.7 Å². The van der Waals surface area contributed by atoms with Gasteiger partial charge in [-0.25, -0.2) is 0 Å². The van der Waals surface area contributed by atoms with Gasteiger partial charge >= 0.3 is 0 Å². The van der Waals surface area contributed by atoms with Gasteiger partial charge in [-0.15, -0.1) is 0 Å². The van der Waals surface area contributed by atoms with E-state index in [4.69, 9.17) is 26.4 Å². The maximum absolute atomic E-state index is 9.82. The van der Waals surface area contributed by atoms with E-state index in [1.54, 1.807) is 12.1 Å². The van der Waals surface area contributed by atoms with Crippen molar-refractivity contribution in [3.05, 3.63) is 30.0 Å². The Morgan fingerprint density at radius 2 is 2.17 bits per heavy atom. The molecule has 0 aliphatic carbocycles. The first-order valence-corrected chi connectivity index (χ1v) is 5.58. The highest BCUT2D eigenvalue weighted by atomic mass is 32.1. The SMILES string of the molecule is C=C1Oc2cc(OC)cc(C(O)OC)c2NC1=S. The predicted octanol–water partition coefficient (Wildman–Crippen LogP) is 1.98. The third kappa shape index (κ3) is 2.17. The molecule has 0 saturated heterocycles. The standard InChI is InChI=1S/C12H13NO4S/c1-6-11(18)13-10-8(12(14)16-3)4-7(15-2)5-9(10)17-6/h4-5,12,14H,1H2,2-3H3,(H,13,18). The highest BCUT2D eigenvalue weighted by Gasteiger charge is 2.24. The van der Waals surface area contributed by atoms with Crippen LogP contribution in [0.4, 0.5) is 5.69 Å². The van der Waals surface area contributed by atoms with E-state index in [1.807, 2.05) is 0 Å². The summed E-state index contributed by atoms with van der Waals surface area (Å²) in [6.45, 7) is 3.68. The first-order valence-electron chi connectivity index (χ1n) is 5.17. The number of rotatable bonds is 3. The molecule has 6 heteroatoms. The molecule has 0 saturated carbocycles. The zero-order chi connectivity index (χ0) is 13.3. The number of fused-ring (bicyclic) bond motifs is 1. The van der Waals surface area contributed by atoms with E-state index in [9.17, 15) is 5.11 Å². The number of thiocarbonyl (C=S) groups is 1. The van der Waals surface area contributed by atoms with Crippen LogP contribution >= 0.6 is 12.2 Å². The average Bonchev–Trinajstić information content (AvgIpc) is 2.38. The molecule has 1 aromatic carbocycles. The second kappa shape index (κ2) is 4.93. The summed E-state index contributed by atoms with van der Waals surface area (Å²) < 4.78 is 15.5. The predicted molar refractivity (Wildman–Crippen MR) is 71.0 cm³/mol. The van der Waals surface area contributed by atoms with E-state index in [0.717, 1.165) is 0 Å². The molecular formula is C12H13NO4S. The van der Waals surface area contributed by atoms with Crippen LogP contribution in [0, 0.1) is 0 Å². The van der Waals surface area contributed by atoms with E-state index >= 15 is 0 Å². The minimum atomic E-state index is -1.10. The molecule has 96 valence electrons. The maximum Gasteiger partial charge on any atom is 0.183 e. The topological polar surface area (TPSA) is 60.0 Å². The quantitative estimate of drug-likeness (QED) is 0.496. The van der Waals surface area contributed by atoms with Crippen molar-refractivity contribution in [2.24, 2.45) is 0 Å². The fraction of sp³-hybridized carbons (Fsp3) is 0.250. The van der Waals surface area contributed by atoms with Gasteiger partial charge in [0.1, 0.15) is 10.7 Å². The van der Waals surface area contributed by atoms with E-state index in [1.165, 1.54) is 14.2 Å². The van der Waals surface area contributed by atoms with Crippen LogP contribution in [0.1, 0.15) is 11.9 Å². The molecule has 5 nitrogen and oxygen atoms in total. The molecule has 0 fully saturated rings. The number of benzene rings is 1. The first kappa shape index (κ1) is 12.8. The maximum atomic E-state index is 9.82. The van der Waals surface area contributed by atoms with Crippen LogP contribution in [0.15, 0.2) is 24.5 Å². The monoisotopic (exact) mass is 267 g/mol. The van der Waals surface area contributed by atoms with Gasteiger partial charge in [0.05, 0.1) is 12.8 Å². The van der Waals surface area contributed by atoms with Gasteiger partial charge in [-0.2, -0.15) is 0 Å². The smallest absolute Gasteiger partial charge is 0.183 e. The Bertz CT molecular complexity index is 515.